The highest BCUT2D eigenvalue weighted by atomic mass is 16.5. The normalized spacial score (nSPS) is 17.1. The molecule has 30 heavy (non-hydrogen) atoms. The highest BCUT2D eigenvalue weighted by Gasteiger charge is 2.24. The van der Waals surface area contributed by atoms with Crippen LogP contribution in [-0.4, -0.2) is 66.3 Å². The van der Waals surface area contributed by atoms with Crippen LogP contribution in [0.4, 0.5) is 0 Å². The fourth-order valence-electron chi connectivity index (χ4n) is 3.77. The number of carbonyl (C=O) groups excluding carboxylic acids is 1. The zero-order valence-corrected chi connectivity index (χ0v) is 18.3. The number of amides is 1. The predicted molar refractivity (Wildman–Crippen MR) is 112 cm³/mol. The molecule has 0 unspecified atom stereocenters. The number of aromatic nitrogens is 3. The highest BCUT2D eigenvalue weighted by molar-refractivity contribution is 5.91. The summed E-state index contributed by atoms with van der Waals surface area (Å²) in [6, 6.07) is 4.20. The molecule has 0 saturated carbocycles. The van der Waals surface area contributed by atoms with Gasteiger partial charge in [-0.25, -0.2) is 4.68 Å². The number of hydrogen-bond donors (Lipinski definition) is 1. The molecule has 1 atom stereocenters. The minimum absolute atomic E-state index is 0.0614. The first kappa shape index (κ1) is 21.9. The van der Waals surface area contributed by atoms with Crippen LogP contribution in [0.5, 0.6) is 17.2 Å². The number of benzene rings is 1. The van der Waals surface area contributed by atoms with Gasteiger partial charge >= 0.3 is 0 Å². The lowest BCUT2D eigenvalue weighted by atomic mass is 10.0. The molecule has 164 valence electrons. The van der Waals surface area contributed by atoms with Gasteiger partial charge in [0, 0.05) is 19.1 Å². The molecule has 0 aliphatic carbocycles. The summed E-state index contributed by atoms with van der Waals surface area (Å²) in [6.45, 7) is 6.41. The van der Waals surface area contributed by atoms with E-state index in [2.05, 4.69) is 20.5 Å². The van der Waals surface area contributed by atoms with E-state index in [0.29, 0.717) is 22.9 Å². The maximum absolute atomic E-state index is 12.2. The van der Waals surface area contributed by atoms with Crippen molar-refractivity contribution in [2.45, 2.75) is 45.3 Å². The van der Waals surface area contributed by atoms with Crippen molar-refractivity contribution in [3.05, 3.63) is 29.6 Å². The number of hydrogen-bond acceptors (Lipinski definition) is 7. The van der Waals surface area contributed by atoms with Gasteiger partial charge in [-0.2, -0.15) is 0 Å². The minimum atomic E-state index is -0.193. The van der Waals surface area contributed by atoms with Gasteiger partial charge in [0.15, 0.2) is 17.2 Å². The van der Waals surface area contributed by atoms with Crippen LogP contribution in [0.15, 0.2) is 18.3 Å². The van der Waals surface area contributed by atoms with E-state index in [1.54, 1.807) is 27.5 Å². The van der Waals surface area contributed by atoms with Crippen molar-refractivity contribution in [3.8, 4) is 17.2 Å². The second-order valence-electron chi connectivity index (χ2n) is 7.78. The van der Waals surface area contributed by atoms with Gasteiger partial charge in [-0.3, -0.25) is 9.69 Å². The molecule has 1 aliphatic heterocycles. The molecule has 1 saturated heterocycles. The zero-order chi connectivity index (χ0) is 21.7. The van der Waals surface area contributed by atoms with E-state index in [9.17, 15) is 4.79 Å². The first-order valence-corrected chi connectivity index (χ1v) is 10.2. The van der Waals surface area contributed by atoms with E-state index in [0.717, 1.165) is 38.0 Å². The van der Waals surface area contributed by atoms with Crippen LogP contribution in [0.25, 0.3) is 0 Å². The van der Waals surface area contributed by atoms with Crippen molar-refractivity contribution < 1.29 is 19.0 Å². The summed E-state index contributed by atoms with van der Waals surface area (Å²) in [5.74, 6) is 1.70. The summed E-state index contributed by atoms with van der Waals surface area (Å²) in [5.41, 5.74) is 1.44. The second-order valence-corrected chi connectivity index (χ2v) is 7.78. The third-order valence-corrected chi connectivity index (χ3v) is 5.15. The zero-order valence-electron chi connectivity index (χ0n) is 18.3. The predicted octanol–water partition coefficient (Wildman–Crippen LogP) is 2.28. The number of ether oxygens (including phenoxy) is 3. The minimum Gasteiger partial charge on any atom is -0.493 e. The lowest BCUT2D eigenvalue weighted by Crippen LogP contribution is -2.36. The van der Waals surface area contributed by atoms with E-state index in [1.807, 2.05) is 30.7 Å². The van der Waals surface area contributed by atoms with Gasteiger partial charge in [0.05, 0.1) is 33.6 Å². The van der Waals surface area contributed by atoms with Gasteiger partial charge in [-0.1, -0.05) is 5.21 Å². The van der Waals surface area contributed by atoms with E-state index in [4.69, 9.17) is 14.2 Å². The van der Waals surface area contributed by atoms with E-state index in [-0.39, 0.29) is 18.0 Å². The fraction of sp³-hybridized carbons (Fsp3) is 0.571. The molecule has 1 amide bonds. The number of nitrogens with one attached hydrogen (secondary N) is 1. The van der Waals surface area contributed by atoms with Crippen LogP contribution in [0.3, 0.4) is 0 Å². The molecule has 0 spiro atoms. The summed E-state index contributed by atoms with van der Waals surface area (Å²) >= 11 is 0. The van der Waals surface area contributed by atoms with Gasteiger partial charge < -0.3 is 19.5 Å². The lowest BCUT2D eigenvalue weighted by Gasteiger charge is -2.32. The Labute approximate surface area is 177 Å². The molecule has 1 fully saturated rings. The third kappa shape index (κ3) is 5.02. The Bertz CT molecular complexity index is 842. The van der Waals surface area contributed by atoms with Crippen LogP contribution in [-0.2, 0) is 6.54 Å². The van der Waals surface area contributed by atoms with E-state index in [1.165, 1.54) is 0 Å². The third-order valence-electron chi connectivity index (χ3n) is 5.15. The molecule has 0 radical (unpaired) electrons. The Morgan fingerprint density at radius 3 is 2.50 bits per heavy atom. The average Bonchev–Trinajstić information content (AvgIpc) is 3.23. The SMILES string of the molecule is COc1cc(CN2CCC[C@H](n3cc(C(=O)NC(C)C)nn3)C2)cc(OC)c1OC. The quantitative estimate of drug-likeness (QED) is 0.705. The van der Waals surface area contributed by atoms with Crippen molar-refractivity contribution in [1.29, 1.82) is 0 Å². The lowest BCUT2D eigenvalue weighted by molar-refractivity contribution is 0.0938. The second kappa shape index (κ2) is 9.80. The van der Waals surface area contributed by atoms with Crippen LogP contribution < -0.4 is 19.5 Å². The Kier molecular flexibility index (Phi) is 7.15. The summed E-state index contributed by atoms with van der Waals surface area (Å²) in [5, 5.41) is 11.1. The summed E-state index contributed by atoms with van der Waals surface area (Å²) in [6.07, 6.45) is 3.79. The number of methoxy groups -OCH3 is 3. The Hall–Kier alpha value is -2.81. The molecule has 9 heteroatoms. The number of piperidine rings is 1. The molecule has 2 heterocycles. The number of carbonyl (C=O) groups is 1. The maximum atomic E-state index is 12.2. The van der Waals surface area contributed by atoms with Crippen LogP contribution in [0.2, 0.25) is 0 Å². The number of nitrogens with zero attached hydrogens (tertiary/aromatic N) is 4. The highest BCUT2D eigenvalue weighted by Crippen LogP contribution is 2.38. The van der Waals surface area contributed by atoms with Crippen LogP contribution in [0, 0.1) is 0 Å². The molecule has 0 bridgehead atoms. The molecule has 1 N–H and O–H groups in total. The standard InChI is InChI=1S/C21H31N5O4/c1-14(2)22-21(27)17-13-26(24-23-17)16-7-6-8-25(12-16)11-15-9-18(28-3)20(30-5)19(10-15)29-4/h9-10,13-14,16H,6-8,11-12H2,1-5H3,(H,22,27)/t16-/m0/s1. The van der Waals surface area contributed by atoms with Crippen molar-refractivity contribution in [1.82, 2.24) is 25.2 Å². The topological polar surface area (TPSA) is 90.7 Å². The van der Waals surface area contributed by atoms with Gasteiger partial charge in [-0.15, -0.1) is 5.10 Å². The molecular weight excluding hydrogens is 386 g/mol. The number of likely N-dealkylation sites (tertiary alicyclic amines) is 1. The molecule has 1 aliphatic rings. The van der Waals surface area contributed by atoms with Crippen molar-refractivity contribution in [2.75, 3.05) is 34.4 Å². The molecule has 3 rings (SSSR count). The van der Waals surface area contributed by atoms with E-state index < -0.39 is 0 Å². The molecular formula is C21H31N5O4. The first-order chi connectivity index (χ1) is 14.4. The van der Waals surface area contributed by atoms with Gasteiger partial charge in [0.25, 0.3) is 5.91 Å². The van der Waals surface area contributed by atoms with Crippen molar-refractivity contribution >= 4 is 5.91 Å². The van der Waals surface area contributed by atoms with Crippen molar-refractivity contribution in [3.63, 3.8) is 0 Å². The Balaban J connectivity index is 1.70. The first-order valence-electron chi connectivity index (χ1n) is 10.2. The smallest absolute Gasteiger partial charge is 0.273 e. The molecule has 2 aromatic rings. The average molecular weight is 418 g/mol. The van der Waals surface area contributed by atoms with Crippen LogP contribution >= 0.6 is 0 Å². The maximum Gasteiger partial charge on any atom is 0.273 e. The Morgan fingerprint density at radius 1 is 1.20 bits per heavy atom. The van der Waals surface area contributed by atoms with E-state index >= 15 is 0 Å². The summed E-state index contributed by atoms with van der Waals surface area (Å²) in [4.78, 5) is 14.5. The van der Waals surface area contributed by atoms with Crippen molar-refractivity contribution in [2.24, 2.45) is 0 Å². The Morgan fingerprint density at radius 2 is 1.90 bits per heavy atom. The number of rotatable bonds is 8. The fourth-order valence-corrected chi connectivity index (χ4v) is 3.77. The summed E-state index contributed by atoms with van der Waals surface area (Å²) in [7, 11) is 4.84. The van der Waals surface area contributed by atoms with Gasteiger partial charge in [0.2, 0.25) is 5.75 Å². The molecule has 1 aromatic heterocycles. The summed E-state index contributed by atoms with van der Waals surface area (Å²) < 4.78 is 18.2. The van der Waals surface area contributed by atoms with Gasteiger partial charge in [-0.05, 0) is 50.9 Å². The largest absolute Gasteiger partial charge is 0.493 e. The monoisotopic (exact) mass is 417 g/mol. The molecule has 1 aromatic carbocycles. The van der Waals surface area contributed by atoms with Gasteiger partial charge in [0.1, 0.15) is 0 Å². The molecule has 9 nitrogen and oxygen atoms in total. The van der Waals surface area contributed by atoms with Crippen LogP contribution in [0.1, 0.15) is 48.8 Å².